The molecule has 0 aromatic heterocycles. The Morgan fingerprint density at radius 1 is 1.61 bits per heavy atom. The Kier molecular flexibility index (Phi) is 5.32. The smallest absolute Gasteiger partial charge is 0.311 e. The zero-order valence-corrected chi connectivity index (χ0v) is 10.7. The summed E-state index contributed by atoms with van der Waals surface area (Å²) in [5.41, 5.74) is 0.853. The number of nitro groups is 1. The molecule has 18 heavy (non-hydrogen) atoms. The van der Waals surface area contributed by atoms with Crippen molar-refractivity contribution in [2.45, 2.75) is 25.9 Å². The topological polar surface area (TPSA) is 64.4 Å². The van der Waals surface area contributed by atoms with Gasteiger partial charge in [0.05, 0.1) is 12.0 Å². The molecule has 1 N–H and O–H groups in total. The largest absolute Gasteiger partial charge is 0.490 e. The summed E-state index contributed by atoms with van der Waals surface area (Å²) < 4.78 is 4.95. The van der Waals surface area contributed by atoms with Crippen molar-refractivity contribution in [1.82, 2.24) is 5.32 Å². The van der Waals surface area contributed by atoms with Crippen LogP contribution in [0, 0.1) is 10.1 Å². The third-order valence-corrected chi connectivity index (χ3v) is 2.61. The van der Waals surface area contributed by atoms with Crippen LogP contribution in [0.4, 0.5) is 5.69 Å². The lowest BCUT2D eigenvalue weighted by atomic mass is 10.1. The van der Waals surface area contributed by atoms with Gasteiger partial charge in [-0.3, -0.25) is 10.1 Å². The first kappa shape index (κ1) is 14.2. The maximum absolute atomic E-state index is 10.9. The van der Waals surface area contributed by atoms with Gasteiger partial charge in [-0.15, -0.1) is 6.58 Å². The number of nitrogens with zero attached hydrogens (tertiary/aromatic N) is 1. The lowest BCUT2D eigenvalue weighted by Crippen LogP contribution is -2.24. The lowest BCUT2D eigenvalue weighted by Gasteiger charge is -2.11. The van der Waals surface area contributed by atoms with Gasteiger partial charge in [-0.05, 0) is 25.0 Å². The summed E-state index contributed by atoms with van der Waals surface area (Å²) in [4.78, 5) is 10.4. The molecule has 0 amide bonds. The van der Waals surface area contributed by atoms with Crippen molar-refractivity contribution in [3.8, 4) is 5.75 Å². The van der Waals surface area contributed by atoms with Crippen LogP contribution in [-0.2, 0) is 6.54 Å². The highest BCUT2D eigenvalue weighted by Gasteiger charge is 2.15. The number of hydrogen-bond donors (Lipinski definition) is 1. The van der Waals surface area contributed by atoms with Gasteiger partial charge in [-0.25, -0.2) is 0 Å². The maximum atomic E-state index is 10.9. The van der Waals surface area contributed by atoms with E-state index in [4.69, 9.17) is 4.74 Å². The molecule has 1 aromatic carbocycles. The first-order valence-corrected chi connectivity index (χ1v) is 5.74. The predicted octanol–water partition coefficient (Wildman–Crippen LogP) is 2.66. The quantitative estimate of drug-likeness (QED) is 0.459. The molecule has 0 aliphatic rings. The molecule has 0 aliphatic heterocycles. The molecule has 1 aromatic rings. The molecule has 5 heteroatoms. The van der Waals surface area contributed by atoms with E-state index >= 15 is 0 Å². The fourth-order valence-corrected chi connectivity index (χ4v) is 1.61. The van der Waals surface area contributed by atoms with Gasteiger partial charge in [-0.2, -0.15) is 0 Å². The van der Waals surface area contributed by atoms with Gasteiger partial charge in [0.2, 0.25) is 0 Å². The Hall–Kier alpha value is -1.88. The molecule has 0 spiro atoms. The molecule has 1 rings (SSSR count). The van der Waals surface area contributed by atoms with Gasteiger partial charge in [-0.1, -0.05) is 12.1 Å². The number of hydrogen-bond acceptors (Lipinski definition) is 4. The summed E-state index contributed by atoms with van der Waals surface area (Å²) in [6.07, 6.45) is 2.70. The van der Waals surface area contributed by atoms with Crippen LogP contribution < -0.4 is 10.1 Å². The van der Waals surface area contributed by atoms with Crippen LogP contribution in [0.3, 0.4) is 0 Å². The van der Waals surface area contributed by atoms with Gasteiger partial charge in [0, 0.05) is 18.7 Å². The van der Waals surface area contributed by atoms with E-state index in [2.05, 4.69) is 11.9 Å². The zero-order chi connectivity index (χ0) is 13.5. The average Bonchev–Trinajstić information content (AvgIpc) is 2.36. The fourth-order valence-electron chi connectivity index (χ4n) is 1.61. The highest BCUT2D eigenvalue weighted by Crippen LogP contribution is 2.27. The first-order chi connectivity index (χ1) is 8.58. The second-order valence-corrected chi connectivity index (χ2v) is 4.07. The van der Waals surface area contributed by atoms with E-state index in [1.807, 2.05) is 19.1 Å². The highest BCUT2D eigenvalue weighted by atomic mass is 16.6. The van der Waals surface area contributed by atoms with E-state index in [1.165, 1.54) is 13.2 Å². The number of nitro benzene ring substituents is 1. The minimum absolute atomic E-state index is 0.00632. The summed E-state index contributed by atoms with van der Waals surface area (Å²) in [6, 6.07) is 5.27. The number of ether oxygens (including phenoxy) is 1. The molecule has 0 fully saturated rings. The summed E-state index contributed by atoms with van der Waals surface area (Å²) >= 11 is 0. The molecular formula is C13H18N2O3. The van der Waals surface area contributed by atoms with E-state index in [0.29, 0.717) is 12.6 Å². The first-order valence-electron chi connectivity index (χ1n) is 5.74. The van der Waals surface area contributed by atoms with Gasteiger partial charge in [0.25, 0.3) is 0 Å². The van der Waals surface area contributed by atoms with Crippen molar-refractivity contribution in [3.63, 3.8) is 0 Å². The molecule has 1 unspecified atom stereocenters. The molecular weight excluding hydrogens is 232 g/mol. The lowest BCUT2D eigenvalue weighted by molar-refractivity contribution is -0.385. The van der Waals surface area contributed by atoms with Crippen molar-refractivity contribution in [3.05, 3.63) is 46.5 Å². The third-order valence-electron chi connectivity index (χ3n) is 2.61. The Morgan fingerprint density at radius 2 is 2.33 bits per heavy atom. The SMILES string of the molecule is C=CCC(C)NCc1ccc(OC)c([N+](=O)[O-])c1. The summed E-state index contributed by atoms with van der Waals surface area (Å²) in [6.45, 7) is 6.29. The van der Waals surface area contributed by atoms with Crippen molar-refractivity contribution in [2.75, 3.05) is 7.11 Å². The van der Waals surface area contributed by atoms with E-state index in [1.54, 1.807) is 6.07 Å². The molecule has 0 radical (unpaired) electrons. The van der Waals surface area contributed by atoms with Gasteiger partial charge >= 0.3 is 5.69 Å². The van der Waals surface area contributed by atoms with Crippen molar-refractivity contribution in [2.24, 2.45) is 0 Å². The predicted molar refractivity (Wildman–Crippen MR) is 70.8 cm³/mol. The van der Waals surface area contributed by atoms with Crippen LogP contribution in [0.25, 0.3) is 0 Å². The van der Waals surface area contributed by atoms with E-state index in [0.717, 1.165) is 12.0 Å². The minimum Gasteiger partial charge on any atom is -0.490 e. The Labute approximate surface area is 107 Å². The third kappa shape index (κ3) is 3.85. The number of benzene rings is 1. The molecule has 0 aliphatic carbocycles. The number of nitrogens with one attached hydrogen (secondary N) is 1. The molecule has 0 heterocycles. The Bertz CT molecular complexity index is 432. The summed E-state index contributed by atoms with van der Waals surface area (Å²) in [5, 5.41) is 14.1. The molecule has 1 atom stereocenters. The van der Waals surface area contributed by atoms with Gasteiger partial charge < -0.3 is 10.1 Å². The molecule has 98 valence electrons. The molecule has 0 saturated heterocycles. The zero-order valence-electron chi connectivity index (χ0n) is 10.7. The van der Waals surface area contributed by atoms with Crippen molar-refractivity contribution < 1.29 is 9.66 Å². The number of methoxy groups -OCH3 is 1. The normalized spacial score (nSPS) is 11.9. The standard InChI is InChI=1S/C13H18N2O3/c1-4-5-10(2)14-9-11-6-7-13(18-3)12(8-11)15(16)17/h4,6-8,10,14H,1,5,9H2,2-3H3. The van der Waals surface area contributed by atoms with Crippen LogP contribution in [0.1, 0.15) is 18.9 Å². The highest BCUT2D eigenvalue weighted by molar-refractivity contribution is 5.48. The minimum atomic E-state index is -0.435. The van der Waals surface area contributed by atoms with Crippen molar-refractivity contribution in [1.29, 1.82) is 0 Å². The average molecular weight is 250 g/mol. The molecule has 0 bridgehead atoms. The molecule has 5 nitrogen and oxygen atoms in total. The second kappa shape index (κ2) is 6.76. The van der Waals surface area contributed by atoms with Crippen molar-refractivity contribution >= 4 is 5.69 Å². The monoisotopic (exact) mass is 250 g/mol. The van der Waals surface area contributed by atoms with E-state index in [9.17, 15) is 10.1 Å². The van der Waals surface area contributed by atoms with E-state index < -0.39 is 4.92 Å². The van der Waals surface area contributed by atoms with Crippen LogP contribution >= 0.6 is 0 Å². The maximum Gasteiger partial charge on any atom is 0.311 e. The fraction of sp³-hybridized carbons (Fsp3) is 0.385. The summed E-state index contributed by atoms with van der Waals surface area (Å²) in [5.74, 6) is 0.280. The molecule has 0 saturated carbocycles. The van der Waals surface area contributed by atoms with Crippen LogP contribution in [0.2, 0.25) is 0 Å². The Morgan fingerprint density at radius 3 is 2.89 bits per heavy atom. The van der Waals surface area contributed by atoms with Crippen LogP contribution in [-0.4, -0.2) is 18.1 Å². The van der Waals surface area contributed by atoms with E-state index in [-0.39, 0.29) is 11.4 Å². The number of rotatable bonds is 7. The summed E-state index contributed by atoms with van der Waals surface area (Å²) in [7, 11) is 1.42. The Balaban J connectivity index is 2.76. The van der Waals surface area contributed by atoms with Crippen LogP contribution in [0.15, 0.2) is 30.9 Å². The second-order valence-electron chi connectivity index (χ2n) is 4.07. The van der Waals surface area contributed by atoms with Gasteiger partial charge in [0.15, 0.2) is 5.75 Å². The van der Waals surface area contributed by atoms with Gasteiger partial charge in [0.1, 0.15) is 0 Å². The van der Waals surface area contributed by atoms with Crippen LogP contribution in [0.5, 0.6) is 5.75 Å².